The number of methoxy groups -OCH3 is 1. The number of hydrogen-bond donors (Lipinski definition) is 0. The van der Waals surface area contributed by atoms with Crippen molar-refractivity contribution in [1.82, 2.24) is 0 Å². The number of benzene rings is 3. The molecule has 0 unspecified atom stereocenters. The van der Waals surface area contributed by atoms with Gasteiger partial charge < -0.3 is 9.47 Å². The van der Waals surface area contributed by atoms with Gasteiger partial charge in [0.15, 0.2) is 16.4 Å². The van der Waals surface area contributed by atoms with E-state index in [0.717, 1.165) is 26.2 Å². The van der Waals surface area contributed by atoms with Crippen LogP contribution in [0.2, 0.25) is 0 Å². The number of carbonyl (C=O) groups excluding carboxylic acids is 1. The van der Waals surface area contributed by atoms with Crippen molar-refractivity contribution in [3.8, 4) is 11.5 Å². The highest BCUT2D eigenvalue weighted by atomic mass is 32.2. The molecule has 118 valence electrons. The van der Waals surface area contributed by atoms with Crippen molar-refractivity contribution in [1.29, 1.82) is 0 Å². The van der Waals surface area contributed by atoms with E-state index in [2.05, 4.69) is 12.1 Å². The van der Waals surface area contributed by atoms with Crippen LogP contribution in [0.5, 0.6) is 11.5 Å². The first-order valence-corrected chi connectivity index (χ1v) is 8.79. The van der Waals surface area contributed by atoms with E-state index in [1.54, 1.807) is 0 Å². The Bertz CT molecular complexity index is 857. The molecule has 0 spiro atoms. The van der Waals surface area contributed by atoms with E-state index < -0.39 is 0 Å². The molecular formula is C20H15O3S+. The van der Waals surface area contributed by atoms with Gasteiger partial charge in [-0.1, -0.05) is 24.3 Å². The Labute approximate surface area is 143 Å². The lowest BCUT2D eigenvalue weighted by atomic mass is 10.2. The third-order valence-corrected chi connectivity index (χ3v) is 6.17. The molecule has 1 aliphatic rings. The van der Waals surface area contributed by atoms with Gasteiger partial charge in [0.25, 0.3) is 0 Å². The number of rotatable bonds is 2. The molecule has 3 nitrogen and oxygen atoms in total. The molecule has 0 radical (unpaired) electrons. The third-order valence-electron chi connectivity index (χ3n) is 3.87. The zero-order valence-electron chi connectivity index (χ0n) is 13.1. The number of fused-ring (bicyclic) bond motifs is 2. The van der Waals surface area contributed by atoms with E-state index in [-0.39, 0.29) is 16.9 Å². The molecule has 0 bridgehead atoms. The number of hydrogen-bond acceptors (Lipinski definition) is 3. The molecule has 0 aliphatic carbocycles. The van der Waals surface area contributed by atoms with Gasteiger partial charge in [0, 0.05) is 0 Å². The zero-order chi connectivity index (χ0) is 16.5. The molecule has 0 atom stereocenters. The Balaban J connectivity index is 1.84. The Morgan fingerprint density at radius 3 is 1.92 bits per heavy atom. The summed E-state index contributed by atoms with van der Waals surface area (Å²) in [6.45, 7) is 0. The fraction of sp³-hybridized carbons (Fsp3) is 0.0500. The number of esters is 1. The summed E-state index contributed by atoms with van der Waals surface area (Å²) in [5.41, 5.74) is 0.555. The maximum absolute atomic E-state index is 11.7. The van der Waals surface area contributed by atoms with Gasteiger partial charge in [-0.15, -0.1) is 0 Å². The predicted molar refractivity (Wildman–Crippen MR) is 92.9 cm³/mol. The standard InChI is InChI=1S/C20H15O3S/c1-22-20(21)14-10-12-15(13-11-14)24-18-8-4-2-6-16(18)23-17-7-3-5-9-19(17)24/h2-13H,1H3/q+1. The van der Waals surface area contributed by atoms with Crippen molar-refractivity contribution < 1.29 is 14.3 Å². The van der Waals surface area contributed by atoms with Crippen molar-refractivity contribution in [3.05, 3.63) is 78.4 Å². The van der Waals surface area contributed by atoms with E-state index in [0.29, 0.717) is 5.56 Å². The van der Waals surface area contributed by atoms with E-state index in [4.69, 9.17) is 9.47 Å². The van der Waals surface area contributed by atoms with E-state index in [1.165, 1.54) is 7.11 Å². The lowest BCUT2D eigenvalue weighted by Gasteiger charge is -2.19. The van der Waals surface area contributed by atoms with Crippen molar-refractivity contribution >= 4 is 16.9 Å². The maximum atomic E-state index is 11.7. The molecule has 0 saturated carbocycles. The van der Waals surface area contributed by atoms with Gasteiger partial charge in [-0.2, -0.15) is 0 Å². The van der Waals surface area contributed by atoms with Gasteiger partial charge in [0.2, 0.25) is 9.79 Å². The van der Waals surface area contributed by atoms with Gasteiger partial charge in [-0.05, 0) is 48.5 Å². The summed E-state index contributed by atoms with van der Waals surface area (Å²) in [5.74, 6) is 1.45. The summed E-state index contributed by atoms with van der Waals surface area (Å²) < 4.78 is 10.8. The summed E-state index contributed by atoms with van der Waals surface area (Å²) >= 11 is 0. The molecule has 0 saturated heterocycles. The number of carbonyl (C=O) groups is 1. The molecule has 4 heteroatoms. The second kappa shape index (κ2) is 6.06. The molecule has 3 aromatic rings. The first-order chi connectivity index (χ1) is 11.8. The van der Waals surface area contributed by atoms with Gasteiger partial charge in [0.1, 0.15) is 10.9 Å². The Hall–Kier alpha value is -2.72. The van der Waals surface area contributed by atoms with Crippen molar-refractivity contribution in [2.45, 2.75) is 14.7 Å². The maximum Gasteiger partial charge on any atom is 0.337 e. The second-order valence-corrected chi connectivity index (χ2v) is 7.28. The minimum Gasteiger partial charge on any atom is -0.465 e. The fourth-order valence-corrected chi connectivity index (χ4v) is 4.95. The van der Waals surface area contributed by atoms with Gasteiger partial charge in [-0.25, -0.2) is 4.79 Å². The minimum absolute atomic E-state index is 0.258. The van der Waals surface area contributed by atoms with Gasteiger partial charge >= 0.3 is 5.97 Å². The van der Waals surface area contributed by atoms with E-state index in [1.807, 2.05) is 60.7 Å². The summed E-state index contributed by atoms with van der Waals surface area (Å²) in [6.07, 6.45) is 0. The Morgan fingerprint density at radius 1 is 0.833 bits per heavy atom. The first-order valence-electron chi connectivity index (χ1n) is 7.56. The van der Waals surface area contributed by atoms with Crippen LogP contribution in [0.1, 0.15) is 10.4 Å². The lowest BCUT2D eigenvalue weighted by molar-refractivity contribution is 0.0600. The number of ether oxygens (including phenoxy) is 2. The van der Waals surface area contributed by atoms with Crippen LogP contribution in [-0.4, -0.2) is 13.1 Å². The van der Waals surface area contributed by atoms with Gasteiger partial charge in [0.05, 0.1) is 12.7 Å². The molecule has 0 amide bonds. The van der Waals surface area contributed by atoms with Crippen LogP contribution in [0.4, 0.5) is 0 Å². The summed E-state index contributed by atoms with van der Waals surface area (Å²) in [7, 11) is 1.13. The third kappa shape index (κ3) is 2.45. The van der Waals surface area contributed by atoms with E-state index >= 15 is 0 Å². The highest BCUT2D eigenvalue weighted by Crippen LogP contribution is 2.46. The lowest BCUT2D eigenvalue weighted by Crippen LogP contribution is -2.12. The predicted octanol–water partition coefficient (Wildman–Crippen LogP) is 4.67. The Morgan fingerprint density at radius 2 is 1.38 bits per heavy atom. The van der Waals surface area contributed by atoms with Crippen LogP contribution in [0.25, 0.3) is 0 Å². The molecule has 1 aliphatic heterocycles. The first kappa shape index (κ1) is 14.8. The average molecular weight is 335 g/mol. The molecule has 0 N–H and O–H groups in total. The van der Waals surface area contributed by atoms with Crippen LogP contribution in [0, 0.1) is 0 Å². The molecule has 4 rings (SSSR count). The van der Waals surface area contributed by atoms with Crippen molar-refractivity contribution in [2.75, 3.05) is 7.11 Å². The molecule has 0 fully saturated rings. The topological polar surface area (TPSA) is 35.5 Å². The van der Waals surface area contributed by atoms with Crippen molar-refractivity contribution in [3.63, 3.8) is 0 Å². The van der Waals surface area contributed by atoms with Gasteiger partial charge in [-0.3, -0.25) is 0 Å². The summed E-state index contributed by atoms with van der Waals surface area (Å²) in [5, 5.41) is 0. The quantitative estimate of drug-likeness (QED) is 0.394. The molecule has 0 aromatic heterocycles. The van der Waals surface area contributed by atoms with Crippen LogP contribution >= 0.6 is 0 Å². The number of para-hydroxylation sites is 2. The second-order valence-electron chi connectivity index (χ2n) is 5.32. The Kier molecular flexibility index (Phi) is 3.75. The highest BCUT2D eigenvalue weighted by Gasteiger charge is 2.38. The van der Waals surface area contributed by atoms with Crippen LogP contribution in [0.15, 0.2) is 87.5 Å². The van der Waals surface area contributed by atoms with Crippen LogP contribution in [-0.2, 0) is 15.6 Å². The molecule has 24 heavy (non-hydrogen) atoms. The smallest absolute Gasteiger partial charge is 0.337 e. The van der Waals surface area contributed by atoms with Crippen LogP contribution < -0.4 is 4.74 Å². The zero-order valence-corrected chi connectivity index (χ0v) is 13.9. The average Bonchev–Trinajstić information content (AvgIpc) is 2.65. The van der Waals surface area contributed by atoms with E-state index in [9.17, 15) is 4.79 Å². The SMILES string of the molecule is COC(=O)c1ccc([S+]2c3ccccc3Oc3ccccc32)cc1. The monoisotopic (exact) mass is 335 g/mol. The normalized spacial score (nSPS) is 12.7. The molecule has 3 aromatic carbocycles. The van der Waals surface area contributed by atoms with Crippen LogP contribution in [0.3, 0.4) is 0 Å². The molecule has 1 heterocycles. The summed E-state index contributed by atoms with van der Waals surface area (Å²) in [4.78, 5) is 15.1. The van der Waals surface area contributed by atoms with Crippen molar-refractivity contribution in [2.24, 2.45) is 0 Å². The molecular weight excluding hydrogens is 320 g/mol. The summed E-state index contributed by atoms with van der Waals surface area (Å²) in [6, 6.07) is 23.8. The fourth-order valence-electron chi connectivity index (χ4n) is 2.74. The minimum atomic E-state index is -0.322. The largest absolute Gasteiger partial charge is 0.465 e. The highest BCUT2D eigenvalue weighted by molar-refractivity contribution is 7.97.